The van der Waals surface area contributed by atoms with Gasteiger partial charge in [0.25, 0.3) is 0 Å². The number of carboxylic acids is 1. The Balaban J connectivity index is 2.56. The predicted octanol–water partition coefficient (Wildman–Crippen LogP) is 2.36. The van der Waals surface area contributed by atoms with Gasteiger partial charge in [0.1, 0.15) is 0 Å². The van der Waals surface area contributed by atoms with Crippen molar-refractivity contribution in [3.63, 3.8) is 0 Å². The standard InChI is InChI=1S/C13H16BrNO3/c1-13(2,8-12(17)18)15-11(16)7-9-3-5-10(14)6-4-9/h3-6H,7-8H2,1-2H3,(H,15,16)(H,17,18). The molecular weight excluding hydrogens is 298 g/mol. The van der Waals surface area contributed by atoms with Crippen LogP contribution in [0.4, 0.5) is 0 Å². The van der Waals surface area contributed by atoms with E-state index in [1.807, 2.05) is 24.3 Å². The lowest BCUT2D eigenvalue weighted by Crippen LogP contribution is -2.45. The zero-order valence-corrected chi connectivity index (χ0v) is 12.0. The van der Waals surface area contributed by atoms with Crippen LogP contribution in [-0.4, -0.2) is 22.5 Å². The highest BCUT2D eigenvalue weighted by molar-refractivity contribution is 9.10. The molecule has 2 N–H and O–H groups in total. The van der Waals surface area contributed by atoms with E-state index in [2.05, 4.69) is 21.2 Å². The van der Waals surface area contributed by atoms with Crippen LogP contribution in [0.1, 0.15) is 25.8 Å². The zero-order chi connectivity index (χ0) is 13.8. The monoisotopic (exact) mass is 313 g/mol. The lowest BCUT2D eigenvalue weighted by atomic mass is 10.00. The van der Waals surface area contributed by atoms with Gasteiger partial charge in [-0.2, -0.15) is 0 Å². The maximum absolute atomic E-state index is 11.8. The summed E-state index contributed by atoms with van der Waals surface area (Å²) in [6.07, 6.45) is 0.148. The number of carbonyl (C=O) groups is 2. The fourth-order valence-corrected chi connectivity index (χ4v) is 1.90. The summed E-state index contributed by atoms with van der Waals surface area (Å²) >= 11 is 3.32. The first-order chi connectivity index (χ1) is 8.28. The lowest BCUT2D eigenvalue weighted by molar-refractivity contribution is -0.138. The number of carboxylic acid groups (broad SMARTS) is 1. The van der Waals surface area contributed by atoms with E-state index in [0.717, 1.165) is 10.0 Å². The van der Waals surface area contributed by atoms with E-state index >= 15 is 0 Å². The highest BCUT2D eigenvalue weighted by atomic mass is 79.9. The molecule has 0 aliphatic carbocycles. The van der Waals surface area contributed by atoms with Gasteiger partial charge < -0.3 is 10.4 Å². The van der Waals surface area contributed by atoms with Gasteiger partial charge in [0, 0.05) is 10.0 Å². The molecule has 1 aromatic carbocycles. The van der Waals surface area contributed by atoms with Crippen LogP contribution < -0.4 is 5.32 Å². The highest BCUT2D eigenvalue weighted by Crippen LogP contribution is 2.12. The van der Waals surface area contributed by atoms with Crippen molar-refractivity contribution in [1.29, 1.82) is 0 Å². The smallest absolute Gasteiger partial charge is 0.305 e. The Morgan fingerprint density at radius 2 is 1.83 bits per heavy atom. The molecule has 0 spiro atoms. The molecule has 98 valence electrons. The van der Waals surface area contributed by atoms with Crippen molar-refractivity contribution in [2.75, 3.05) is 0 Å². The minimum atomic E-state index is -0.927. The van der Waals surface area contributed by atoms with Gasteiger partial charge >= 0.3 is 5.97 Å². The normalized spacial score (nSPS) is 11.1. The third kappa shape index (κ3) is 5.31. The average molecular weight is 314 g/mol. The molecule has 0 atom stereocenters. The van der Waals surface area contributed by atoms with Gasteiger partial charge in [-0.05, 0) is 31.5 Å². The first-order valence-electron chi connectivity index (χ1n) is 5.56. The molecule has 0 saturated carbocycles. The fraction of sp³-hybridized carbons (Fsp3) is 0.385. The van der Waals surface area contributed by atoms with Crippen molar-refractivity contribution < 1.29 is 14.7 Å². The topological polar surface area (TPSA) is 66.4 Å². The number of carbonyl (C=O) groups excluding carboxylic acids is 1. The van der Waals surface area contributed by atoms with Gasteiger partial charge in [-0.25, -0.2) is 0 Å². The Morgan fingerprint density at radius 1 is 1.28 bits per heavy atom. The summed E-state index contributed by atoms with van der Waals surface area (Å²) in [4.78, 5) is 22.4. The predicted molar refractivity (Wildman–Crippen MR) is 72.3 cm³/mol. The van der Waals surface area contributed by atoms with E-state index in [-0.39, 0.29) is 18.7 Å². The van der Waals surface area contributed by atoms with Crippen molar-refractivity contribution in [3.05, 3.63) is 34.3 Å². The second-order valence-electron chi connectivity index (χ2n) is 4.81. The van der Waals surface area contributed by atoms with Crippen molar-refractivity contribution in [2.24, 2.45) is 0 Å². The quantitative estimate of drug-likeness (QED) is 0.877. The van der Waals surface area contributed by atoms with E-state index in [1.54, 1.807) is 13.8 Å². The summed E-state index contributed by atoms with van der Waals surface area (Å²) in [6, 6.07) is 7.44. The molecule has 0 aromatic heterocycles. The summed E-state index contributed by atoms with van der Waals surface area (Å²) in [7, 11) is 0. The highest BCUT2D eigenvalue weighted by Gasteiger charge is 2.23. The van der Waals surface area contributed by atoms with Crippen LogP contribution >= 0.6 is 15.9 Å². The number of aliphatic carboxylic acids is 1. The third-order valence-electron chi connectivity index (χ3n) is 2.35. The summed E-state index contributed by atoms with van der Waals surface area (Å²) in [6.45, 7) is 3.39. The van der Waals surface area contributed by atoms with Gasteiger partial charge in [0.2, 0.25) is 5.91 Å². The van der Waals surface area contributed by atoms with Crippen LogP contribution in [0.3, 0.4) is 0 Å². The van der Waals surface area contributed by atoms with Gasteiger partial charge in [0.05, 0.1) is 12.8 Å². The van der Waals surface area contributed by atoms with Crippen LogP contribution in [0.2, 0.25) is 0 Å². The summed E-state index contributed by atoms with van der Waals surface area (Å²) in [5.74, 6) is -1.10. The molecule has 1 aromatic rings. The first-order valence-corrected chi connectivity index (χ1v) is 6.35. The molecular formula is C13H16BrNO3. The lowest BCUT2D eigenvalue weighted by Gasteiger charge is -2.24. The Bertz CT molecular complexity index is 440. The first kappa shape index (κ1) is 14.7. The molecule has 0 unspecified atom stereocenters. The van der Waals surface area contributed by atoms with Crippen LogP contribution in [-0.2, 0) is 16.0 Å². The average Bonchev–Trinajstić information content (AvgIpc) is 2.18. The second kappa shape index (κ2) is 6.00. The largest absolute Gasteiger partial charge is 0.481 e. The van der Waals surface area contributed by atoms with E-state index < -0.39 is 11.5 Å². The number of benzene rings is 1. The van der Waals surface area contributed by atoms with E-state index in [9.17, 15) is 9.59 Å². The van der Waals surface area contributed by atoms with E-state index in [0.29, 0.717) is 0 Å². The number of nitrogens with one attached hydrogen (secondary N) is 1. The Morgan fingerprint density at radius 3 is 2.33 bits per heavy atom. The molecule has 0 aliphatic rings. The van der Waals surface area contributed by atoms with Gasteiger partial charge in [-0.3, -0.25) is 9.59 Å². The molecule has 0 saturated heterocycles. The molecule has 18 heavy (non-hydrogen) atoms. The van der Waals surface area contributed by atoms with Crippen molar-refractivity contribution >= 4 is 27.8 Å². The summed E-state index contributed by atoms with van der Waals surface area (Å²) in [5, 5.41) is 11.4. The Kier molecular flexibility index (Phi) is 4.90. The van der Waals surface area contributed by atoms with Gasteiger partial charge in [0.15, 0.2) is 0 Å². The van der Waals surface area contributed by atoms with Crippen LogP contribution in [0.15, 0.2) is 28.7 Å². The van der Waals surface area contributed by atoms with Crippen molar-refractivity contribution in [3.8, 4) is 0 Å². The molecule has 5 heteroatoms. The van der Waals surface area contributed by atoms with Crippen LogP contribution in [0.25, 0.3) is 0 Å². The number of amides is 1. The molecule has 0 aliphatic heterocycles. The van der Waals surface area contributed by atoms with E-state index in [1.165, 1.54) is 0 Å². The summed E-state index contributed by atoms with van der Waals surface area (Å²) < 4.78 is 0.956. The van der Waals surface area contributed by atoms with Gasteiger partial charge in [-0.1, -0.05) is 28.1 Å². The van der Waals surface area contributed by atoms with E-state index in [4.69, 9.17) is 5.11 Å². The third-order valence-corrected chi connectivity index (χ3v) is 2.88. The minimum absolute atomic E-state index is 0.0981. The Hall–Kier alpha value is -1.36. The minimum Gasteiger partial charge on any atom is -0.481 e. The fourth-order valence-electron chi connectivity index (χ4n) is 1.63. The number of hydrogen-bond acceptors (Lipinski definition) is 2. The maximum Gasteiger partial charge on any atom is 0.305 e. The molecule has 0 fully saturated rings. The number of rotatable bonds is 5. The molecule has 0 bridgehead atoms. The molecule has 4 nitrogen and oxygen atoms in total. The van der Waals surface area contributed by atoms with Crippen LogP contribution in [0.5, 0.6) is 0 Å². The number of hydrogen-bond donors (Lipinski definition) is 2. The SMILES string of the molecule is CC(C)(CC(=O)O)NC(=O)Cc1ccc(Br)cc1. The number of halogens is 1. The molecule has 0 radical (unpaired) electrons. The second-order valence-corrected chi connectivity index (χ2v) is 5.72. The molecule has 0 heterocycles. The van der Waals surface area contributed by atoms with Crippen molar-refractivity contribution in [1.82, 2.24) is 5.32 Å². The Labute approximate surface area is 115 Å². The van der Waals surface area contributed by atoms with Gasteiger partial charge in [-0.15, -0.1) is 0 Å². The maximum atomic E-state index is 11.8. The zero-order valence-electron chi connectivity index (χ0n) is 10.4. The van der Waals surface area contributed by atoms with Crippen molar-refractivity contribution in [2.45, 2.75) is 32.2 Å². The van der Waals surface area contributed by atoms with Crippen LogP contribution in [0, 0.1) is 0 Å². The molecule has 1 rings (SSSR count). The summed E-state index contributed by atoms with van der Waals surface area (Å²) in [5.41, 5.74) is 0.153. The molecule has 1 amide bonds.